The van der Waals surface area contributed by atoms with Crippen molar-refractivity contribution in [2.75, 3.05) is 18.9 Å². The van der Waals surface area contributed by atoms with E-state index in [1.165, 1.54) is 11.1 Å². The molecule has 2 N–H and O–H groups in total. The van der Waals surface area contributed by atoms with E-state index in [-0.39, 0.29) is 24.8 Å². The molecule has 0 spiro atoms. The first-order valence-electron chi connectivity index (χ1n) is 8.02. The van der Waals surface area contributed by atoms with Gasteiger partial charge < -0.3 is 9.84 Å². The quantitative estimate of drug-likeness (QED) is 0.524. The summed E-state index contributed by atoms with van der Waals surface area (Å²) in [7, 11) is 0. The molecule has 2 aromatic rings. The number of nitrogens with one attached hydrogen (secondary N) is 1. The highest BCUT2D eigenvalue weighted by molar-refractivity contribution is 7.80. The van der Waals surface area contributed by atoms with Crippen LogP contribution in [0.25, 0.3) is 11.1 Å². The van der Waals surface area contributed by atoms with E-state index >= 15 is 0 Å². The third kappa shape index (κ3) is 3.70. The number of fused-ring (bicyclic) bond motifs is 3. The van der Waals surface area contributed by atoms with Gasteiger partial charge in [-0.15, -0.1) is 0 Å². The van der Waals surface area contributed by atoms with Crippen LogP contribution in [0, 0.1) is 0 Å². The zero-order chi connectivity index (χ0) is 17.8. The Morgan fingerprint density at radius 1 is 1.08 bits per heavy atom. The molecule has 0 bridgehead atoms. The Morgan fingerprint density at radius 2 is 1.64 bits per heavy atom. The van der Waals surface area contributed by atoms with Crippen molar-refractivity contribution in [1.29, 1.82) is 0 Å². The van der Waals surface area contributed by atoms with Crippen molar-refractivity contribution in [2.24, 2.45) is 0 Å². The molecule has 0 saturated heterocycles. The third-order valence-corrected chi connectivity index (χ3v) is 4.71. The lowest BCUT2D eigenvalue weighted by Crippen LogP contribution is -2.41. The van der Waals surface area contributed by atoms with Crippen molar-refractivity contribution in [3.63, 3.8) is 0 Å². The van der Waals surface area contributed by atoms with Crippen molar-refractivity contribution in [3.05, 3.63) is 59.7 Å². The fourth-order valence-electron chi connectivity index (χ4n) is 3.10. The van der Waals surface area contributed by atoms with Crippen LogP contribution in [0.5, 0.6) is 0 Å². The number of ether oxygens (including phenoxy) is 1. The van der Waals surface area contributed by atoms with Crippen LogP contribution in [0.3, 0.4) is 0 Å². The molecule has 0 saturated carbocycles. The monoisotopic (exact) mass is 357 g/mol. The van der Waals surface area contributed by atoms with Crippen LogP contribution in [-0.2, 0) is 14.3 Å². The maximum absolute atomic E-state index is 12.0. The molecule has 0 amide bonds. The van der Waals surface area contributed by atoms with Gasteiger partial charge in [-0.05, 0) is 22.3 Å². The molecule has 130 valence electrons. The first kappa shape index (κ1) is 17.5. The van der Waals surface area contributed by atoms with E-state index in [1.807, 2.05) is 36.4 Å². The summed E-state index contributed by atoms with van der Waals surface area (Å²) in [5.74, 6) is -1.42. The van der Waals surface area contributed by atoms with Gasteiger partial charge in [0, 0.05) is 11.7 Å². The van der Waals surface area contributed by atoms with Crippen molar-refractivity contribution in [3.8, 4) is 11.1 Å². The summed E-state index contributed by atoms with van der Waals surface area (Å²) in [6, 6.07) is 15.3. The minimum absolute atomic E-state index is 0.00324. The minimum atomic E-state index is -1.04. The lowest BCUT2D eigenvalue weighted by atomic mass is 9.98. The highest BCUT2D eigenvalue weighted by atomic mass is 32.1. The molecule has 3 rings (SSSR count). The zero-order valence-corrected chi connectivity index (χ0v) is 14.4. The van der Waals surface area contributed by atoms with Crippen LogP contribution in [0.4, 0.5) is 0 Å². The predicted molar refractivity (Wildman–Crippen MR) is 98.0 cm³/mol. The molecule has 1 atom stereocenters. The fraction of sp³-hybridized carbons (Fsp3) is 0.263. The average Bonchev–Trinajstić information content (AvgIpc) is 2.94. The number of esters is 1. The second-order valence-electron chi connectivity index (χ2n) is 5.86. The smallest absolute Gasteiger partial charge is 0.321 e. The van der Waals surface area contributed by atoms with Crippen LogP contribution in [0.2, 0.25) is 0 Å². The molecule has 1 aliphatic rings. The SMILES string of the molecule is O=C(CN[C@@H](CS)C(=O)O)OCC1c2ccccc2-c2ccccc21. The summed E-state index contributed by atoms with van der Waals surface area (Å²) in [4.78, 5) is 22.9. The van der Waals surface area contributed by atoms with Gasteiger partial charge in [0.25, 0.3) is 0 Å². The van der Waals surface area contributed by atoms with Crippen LogP contribution >= 0.6 is 12.6 Å². The highest BCUT2D eigenvalue weighted by Gasteiger charge is 2.29. The summed E-state index contributed by atoms with van der Waals surface area (Å²) in [5, 5.41) is 11.6. The lowest BCUT2D eigenvalue weighted by Gasteiger charge is -2.15. The lowest BCUT2D eigenvalue weighted by molar-refractivity contribution is -0.143. The van der Waals surface area contributed by atoms with Crippen molar-refractivity contribution in [1.82, 2.24) is 5.32 Å². The van der Waals surface area contributed by atoms with Crippen molar-refractivity contribution < 1.29 is 19.4 Å². The Kier molecular flexibility index (Phi) is 5.40. The standard InChI is InChI=1S/C19H19NO4S/c21-18(9-20-17(11-25)19(22)23)24-10-16-14-7-3-1-5-12(14)13-6-2-4-8-15(13)16/h1-8,16-17,20,25H,9-11H2,(H,22,23)/t17-/m0/s1. The number of carbonyl (C=O) groups is 2. The Hall–Kier alpha value is -2.31. The Labute approximate surface area is 151 Å². The average molecular weight is 357 g/mol. The number of aliphatic carboxylic acids is 1. The third-order valence-electron chi connectivity index (χ3n) is 4.35. The van der Waals surface area contributed by atoms with E-state index in [2.05, 4.69) is 30.1 Å². The first-order valence-corrected chi connectivity index (χ1v) is 8.66. The summed E-state index contributed by atoms with van der Waals surface area (Å²) < 4.78 is 5.40. The maximum Gasteiger partial charge on any atom is 0.321 e. The van der Waals surface area contributed by atoms with Gasteiger partial charge in [0.2, 0.25) is 0 Å². The summed E-state index contributed by atoms with van der Waals surface area (Å²) in [5.41, 5.74) is 4.61. The van der Waals surface area contributed by atoms with Crippen LogP contribution in [-0.4, -0.2) is 42.0 Å². The Morgan fingerprint density at radius 3 is 2.16 bits per heavy atom. The molecular formula is C19H19NO4S. The van der Waals surface area contributed by atoms with E-state index in [9.17, 15) is 9.59 Å². The normalized spacial score (nSPS) is 13.8. The van der Waals surface area contributed by atoms with E-state index in [4.69, 9.17) is 9.84 Å². The number of hydrogen-bond acceptors (Lipinski definition) is 5. The second-order valence-corrected chi connectivity index (χ2v) is 6.23. The Balaban J connectivity index is 1.65. The molecule has 5 nitrogen and oxygen atoms in total. The van der Waals surface area contributed by atoms with E-state index < -0.39 is 18.0 Å². The molecule has 2 aromatic carbocycles. The number of carboxylic acids is 1. The molecular weight excluding hydrogens is 338 g/mol. The van der Waals surface area contributed by atoms with Gasteiger partial charge in [-0.1, -0.05) is 48.5 Å². The topological polar surface area (TPSA) is 75.6 Å². The van der Waals surface area contributed by atoms with Gasteiger partial charge in [-0.25, -0.2) is 0 Å². The summed E-state index contributed by atoms with van der Waals surface area (Å²) in [6.07, 6.45) is 0. The Bertz CT molecular complexity index is 747. The molecule has 0 radical (unpaired) electrons. The highest BCUT2D eigenvalue weighted by Crippen LogP contribution is 2.44. The molecule has 0 aliphatic heterocycles. The molecule has 6 heteroatoms. The van der Waals surface area contributed by atoms with Crippen molar-refractivity contribution >= 4 is 24.6 Å². The number of carboxylic acid groups (broad SMARTS) is 1. The molecule has 0 fully saturated rings. The van der Waals surface area contributed by atoms with Crippen LogP contribution < -0.4 is 5.32 Å². The first-order chi connectivity index (χ1) is 12.1. The number of rotatable bonds is 7. The fourth-order valence-corrected chi connectivity index (χ4v) is 3.39. The predicted octanol–water partition coefficient (Wildman–Crippen LogP) is 2.31. The van der Waals surface area contributed by atoms with E-state index in [0.717, 1.165) is 11.1 Å². The maximum atomic E-state index is 12.0. The van der Waals surface area contributed by atoms with Gasteiger partial charge in [-0.2, -0.15) is 12.6 Å². The van der Waals surface area contributed by atoms with Crippen molar-refractivity contribution in [2.45, 2.75) is 12.0 Å². The summed E-state index contributed by atoms with van der Waals surface area (Å²) in [6.45, 7) is 0.0701. The van der Waals surface area contributed by atoms with Crippen LogP contribution in [0.1, 0.15) is 17.0 Å². The second kappa shape index (κ2) is 7.72. The van der Waals surface area contributed by atoms with Gasteiger partial charge >= 0.3 is 11.9 Å². The number of thiol groups is 1. The number of carbonyl (C=O) groups excluding carboxylic acids is 1. The molecule has 1 aliphatic carbocycles. The van der Waals surface area contributed by atoms with Gasteiger partial charge in [0.1, 0.15) is 12.6 Å². The largest absolute Gasteiger partial charge is 0.480 e. The summed E-state index contributed by atoms with van der Waals surface area (Å²) >= 11 is 3.95. The minimum Gasteiger partial charge on any atom is -0.480 e. The van der Waals surface area contributed by atoms with Crippen LogP contribution in [0.15, 0.2) is 48.5 Å². The van der Waals surface area contributed by atoms with Gasteiger partial charge in [-0.3, -0.25) is 14.9 Å². The zero-order valence-electron chi connectivity index (χ0n) is 13.5. The number of hydrogen-bond donors (Lipinski definition) is 3. The molecule has 0 aromatic heterocycles. The number of benzene rings is 2. The van der Waals surface area contributed by atoms with Gasteiger partial charge in [0.05, 0.1) is 6.54 Å². The van der Waals surface area contributed by atoms with E-state index in [0.29, 0.717) is 0 Å². The van der Waals surface area contributed by atoms with E-state index in [1.54, 1.807) is 0 Å². The molecule has 0 unspecified atom stereocenters. The molecule has 25 heavy (non-hydrogen) atoms. The van der Waals surface area contributed by atoms with Gasteiger partial charge in [0.15, 0.2) is 0 Å². The molecule has 0 heterocycles.